The minimum absolute atomic E-state index is 0.0935. The van der Waals surface area contributed by atoms with Crippen LogP contribution in [0.15, 0.2) is 0 Å². The number of hydrogen-bond acceptors (Lipinski definition) is 4. The molecule has 0 aromatic carbocycles. The van der Waals surface area contributed by atoms with E-state index < -0.39 is 0 Å². The minimum atomic E-state index is -0.0969. The molecule has 0 aliphatic heterocycles. The molecule has 208 valence electrons. The summed E-state index contributed by atoms with van der Waals surface area (Å²) in [6, 6.07) is 0. The number of ether oxygens (including phenoxy) is 2. The highest BCUT2D eigenvalue weighted by atomic mass is 16.5. The number of carbonyl (C=O) groups is 2. The van der Waals surface area contributed by atoms with E-state index in [2.05, 4.69) is 20.8 Å². The molecule has 0 aromatic rings. The average Bonchev–Trinajstić information content (AvgIpc) is 2.86. The van der Waals surface area contributed by atoms with Gasteiger partial charge in [-0.1, -0.05) is 130 Å². The molecular formula is C31H60O4. The maximum atomic E-state index is 11.9. The second kappa shape index (κ2) is 27.5. The van der Waals surface area contributed by atoms with Crippen LogP contribution in [0.4, 0.5) is 0 Å². The van der Waals surface area contributed by atoms with Gasteiger partial charge in [0.2, 0.25) is 0 Å². The van der Waals surface area contributed by atoms with Crippen LogP contribution >= 0.6 is 0 Å². The van der Waals surface area contributed by atoms with Gasteiger partial charge in [-0.25, -0.2) is 0 Å². The van der Waals surface area contributed by atoms with Crippen molar-refractivity contribution >= 4 is 11.9 Å². The number of esters is 2. The van der Waals surface area contributed by atoms with Crippen molar-refractivity contribution in [2.45, 2.75) is 168 Å². The normalized spacial score (nSPS) is 12.0. The van der Waals surface area contributed by atoms with Gasteiger partial charge in [0.15, 0.2) is 0 Å². The first kappa shape index (κ1) is 33.9. The summed E-state index contributed by atoms with van der Waals surface area (Å²) in [7, 11) is 0. The number of unbranched alkanes of at least 4 members (excludes halogenated alkanes) is 16. The van der Waals surface area contributed by atoms with Crippen LogP contribution in [0.5, 0.6) is 0 Å². The highest BCUT2D eigenvalue weighted by Crippen LogP contribution is 2.15. The van der Waals surface area contributed by atoms with Crippen LogP contribution < -0.4 is 0 Å². The van der Waals surface area contributed by atoms with Crippen molar-refractivity contribution in [1.29, 1.82) is 0 Å². The highest BCUT2D eigenvalue weighted by molar-refractivity contribution is 5.69. The molecule has 4 heteroatoms. The summed E-state index contributed by atoms with van der Waals surface area (Å²) >= 11 is 0. The van der Waals surface area contributed by atoms with Gasteiger partial charge in [-0.2, -0.15) is 0 Å². The van der Waals surface area contributed by atoms with Gasteiger partial charge in [-0.3, -0.25) is 9.59 Å². The van der Waals surface area contributed by atoms with E-state index in [1.165, 1.54) is 89.9 Å². The number of hydrogen-bond donors (Lipinski definition) is 0. The molecule has 0 aliphatic rings. The smallest absolute Gasteiger partial charge is 0.305 e. The second-order valence-corrected chi connectivity index (χ2v) is 10.5. The highest BCUT2D eigenvalue weighted by Gasteiger charge is 2.10. The van der Waals surface area contributed by atoms with Crippen LogP contribution in [0.25, 0.3) is 0 Å². The summed E-state index contributed by atoms with van der Waals surface area (Å²) in [4.78, 5) is 23.7. The summed E-state index contributed by atoms with van der Waals surface area (Å²) in [6.45, 7) is 7.73. The van der Waals surface area contributed by atoms with Gasteiger partial charge < -0.3 is 9.47 Å². The summed E-state index contributed by atoms with van der Waals surface area (Å²) in [5.41, 5.74) is 0. The largest absolute Gasteiger partial charge is 0.466 e. The fourth-order valence-electron chi connectivity index (χ4n) is 4.45. The van der Waals surface area contributed by atoms with Crippen molar-refractivity contribution < 1.29 is 19.1 Å². The van der Waals surface area contributed by atoms with Gasteiger partial charge in [0.1, 0.15) is 0 Å². The lowest BCUT2D eigenvalue weighted by Gasteiger charge is -2.14. The van der Waals surface area contributed by atoms with E-state index in [0.29, 0.717) is 32.0 Å². The first-order valence-corrected chi connectivity index (χ1v) is 15.4. The molecule has 0 aromatic heterocycles. The van der Waals surface area contributed by atoms with Gasteiger partial charge in [-0.05, 0) is 31.6 Å². The van der Waals surface area contributed by atoms with Gasteiger partial charge in [0.05, 0.1) is 13.2 Å². The Kier molecular flexibility index (Phi) is 26.7. The van der Waals surface area contributed by atoms with Crippen molar-refractivity contribution in [3.63, 3.8) is 0 Å². The first-order valence-electron chi connectivity index (χ1n) is 15.4. The van der Waals surface area contributed by atoms with Crippen molar-refractivity contribution in [2.75, 3.05) is 13.2 Å². The summed E-state index contributed by atoms with van der Waals surface area (Å²) in [5.74, 6) is 0.303. The Hall–Kier alpha value is -1.06. The number of carbonyl (C=O) groups excluding carboxylic acids is 2. The zero-order valence-electron chi connectivity index (χ0n) is 23.9. The third-order valence-corrected chi connectivity index (χ3v) is 7.05. The molecule has 1 atom stereocenters. The van der Waals surface area contributed by atoms with Crippen LogP contribution in [-0.2, 0) is 19.1 Å². The van der Waals surface area contributed by atoms with Gasteiger partial charge >= 0.3 is 11.9 Å². The predicted molar refractivity (Wildman–Crippen MR) is 149 cm³/mol. The van der Waals surface area contributed by atoms with Crippen molar-refractivity contribution in [2.24, 2.45) is 5.92 Å². The minimum Gasteiger partial charge on any atom is -0.466 e. The van der Waals surface area contributed by atoms with E-state index in [9.17, 15) is 9.59 Å². The van der Waals surface area contributed by atoms with Crippen LogP contribution in [0, 0.1) is 5.92 Å². The topological polar surface area (TPSA) is 52.6 Å². The Morgan fingerprint density at radius 1 is 0.514 bits per heavy atom. The van der Waals surface area contributed by atoms with Crippen LogP contribution in [-0.4, -0.2) is 25.2 Å². The molecule has 0 radical (unpaired) electrons. The molecule has 0 amide bonds. The van der Waals surface area contributed by atoms with Crippen LogP contribution in [0.3, 0.4) is 0 Å². The van der Waals surface area contributed by atoms with Crippen molar-refractivity contribution in [3.05, 3.63) is 0 Å². The van der Waals surface area contributed by atoms with Crippen LogP contribution in [0.1, 0.15) is 168 Å². The lowest BCUT2D eigenvalue weighted by Crippen LogP contribution is -2.13. The first-order chi connectivity index (χ1) is 17.1. The molecule has 0 heterocycles. The molecule has 4 nitrogen and oxygen atoms in total. The van der Waals surface area contributed by atoms with Gasteiger partial charge in [0.25, 0.3) is 0 Å². The predicted octanol–water partition coefficient (Wildman–Crippen LogP) is 9.72. The summed E-state index contributed by atoms with van der Waals surface area (Å²) in [6.07, 6.45) is 26.6. The third kappa shape index (κ3) is 25.8. The fraction of sp³-hybridized carbons (Fsp3) is 0.935. The molecule has 35 heavy (non-hydrogen) atoms. The lowest BCUT2D eigenvalue weighted by atomic mass is 10.0. The van der Waals surface area contributed by atoms with E-state index in [-0.39, 0.29) is 11.9 Å². The van der Waals surface area contributed by atoms with E-state index in [1.54, 1.807) is 0 Å². The Morgan fingerprint density at radius 2 is 0.943 bits per heavy atom. The molecule has 1 unspecified atom stereocenters. The molecule has 0 fully saturated rings. The Morgan fingerprint density at radius 3 is 1.43 bits per heavy atom. The fourth-order valence-corrected chi connectivity index (χ4v) is 4.45. The van der Waals surface area contributed by atoms with E-state index in [4.69, 9.17) is 9.47 Å². The Bertz CT molecular complexity index is 463. The van der Waals surface area contributed by atoms with Gasteiger partial charge in [0, 0.05) is 12.8 Å². The average molecular weight is 497 g/mol. The molecule has 0 aliphatic carbocycles. The van der Waals surface area contributed by atoms with E-state index in [1.807, 2.05) is 0 Å². The molecular weight excluding hydrogens is 436 g/mol. The second-order valence-electron chi connectivity index (χ2n) is 10.5. The SMILES string of the molecule is CCCCCCCCCCCCCCCCOC(=O)CCCCCC(=O)OCC(CC)CCCC. The summed E-state index contributed by atoms with van der Waals surface area (Å²) < 4.78 is 10.8. The lowest BCUT2D eigenvalue weighted by molar-refractivity contribution is -0.145. The Balaban J connectivity index is 3.36. The monoisotopic (exact) mass is 496 g/mol. The van der Waals surface area contributed by atoms with Crippen molar-refractivity contribution in [3.8, 4) is 0 Å². The van der Waals surface area contributed by atoms with Gasteiger partial charge in [-0.15, -0.1) is 0 Å². The maximum Gasteiger partial charge on any atom is 0.305 e. The zero-order valence-corrected chi connectivity index (χ0v) is 23.9. The molecule has 0 N–H and O–H groups in total. The molecule has 0 spiro atoms. The Labute approximate surface area is 218 Å². The van der Waals surface area contributed by atoms with Crippen molar-refractivity contribution in [1.82, 2.24) is 0 Å². The van der Waals surface area contributed by atoms with E-state index in [0.717, 1.165) is 44.9 Å². The number of rotatable bonds is 27. The molecule has 0 saturated carbocycles. The maximum absolute atomic E-state index is 11.9. The molecule has 0 bridgehead atoms. The quantitative estimate of drug-likeness (QED) is 0.0838. The summed E-state index contributed by atoms with van der Waals surface area (Å²) in [5, 5.41) is 0. The molecule has 0 saturated heterocycles. The third-order valence-electron chi connectivity index (χ3n) is 7.05. The standard InChI is InChI=1S/C31H60O4/c1-4-7-9-10-11-12-13-14-15-16-17-18-19-23-27-34-30(32)25-21-20-22-26-31(33)35-28-29(6-3)24-8-5-2/h29H,4-28H2,1-3H3. The zero-order chi connectivity index (χ0) is 25.8. The van der Waals surface area contributed by atoms with E-state index >= 15 is 0 Å². The van der Waals surface area contributed by atoms with Crippen LogP contribution in [0.2, 0.25) is 0 Å². The molecule has 0 rings (SSSR count).